The molecule has 0 atom stereocenters. The molecule has 2 aromatic rings. The maximum Gasteiger partial charge on any atom is 0.224 e. The summed E-state index contributed by atoms with van der Waals surface area (Å²) in [5, 5.41) is 0. The van der Waals surface area contributed by atoms with Gasteiger partial charge in [-0.05, 0) is 24.3 Å². The standard InChI is InChI=1S/C11H13FN6/c1-18(8-4-2-7(12)3-5-8)10-6-9(17-14)15-11(13)16-10/h2-6H,14H2,1H3,(H3,13,15,16,17). The van der Waals surface area contributed by atoms with Gasteiger partial charge in [-0.1, -0.05) is 0 Å². The zero-order valence-electron chi connectivity index (χ0n) is 9.76. The minimum atomic E-state index is -0.293. The van der Waals surface area contributed by atoms with Crippen LogP contribution in [0, 0.1) is 5.82 Å². The van der Waals surface area contributed by atoms with Crippen LogP contribution < -0.4 is 21.9 Å². The van der Waals surface area contributed by atoms with Crippen molar-refractivity contribution in [1.82, 2.24) is 9.97 Å². The van der Waals surface area contributed by atoms with E-state index in [1.165, 1.54) is 12.1 Å². The average Bonchev–Trinajstić information content (AvgIpc) is 2.38. The van der Waals surface area contributed by atoms with Crippen LogP contribution in [0.5, 0.6) is 0 Å². The van der Waals surface area contributed by atoms with Crippen molar-refractivity contribution in [2.24, 2.45) is 5.84 Å². The van der Waals surface area contributed by atoms with Crippen LogP contribution in [0.3, 0.4) is 0 Å². The van der Waals surface area contributed by atoms with Crippen LogP contribution in [0.15, 0.2) is 30.3 Å². The molecular weight excluding hydrogens is 235 g/mol. The monoisotopic (exact) mass is 248 g/mol. The van der Waals surface area contributed by atoms with Gasteiger partial charge in [0.2, 0.25) is 5.95 Å². The molecule has 2 rings (SSSR count). The number of aromatic nitrogens is 2. The summed E-state index contributed by atoms with van der Waals surface area (Å²) in [4.78, 5) is 9.72. The Morgan fingerprint density at radius 2 is 1.89 bits per heavy atom. The Hall–Kier alpha value is -2.41. The smallest absolute Gasteiger partial charge is 0.224 e. The lowest BCUT2D eigenvalue weighted by molar-refractivity contribution is 0.628. The summed E-state index contributed by atoms with van der Waals surface area (Å²) in [6.45, 7) is 0. The van der Waals surface area contributed by atoms with Crippen molar-refractivity contribution >= 4 is 23.3 Å². The molecule has 6 nitrogen and oxygen atoms in total. The highest BCUT2D eigenvalue weighted by Crippen LogP contribution is 2.23. The lowest BCUT2D eigenvalue weighted by atomic mass is 10.3. The van der Waals surface area contributed by atoms with Crippen LogP contribution in [0.25, 0.3) is 0 Å². The molecule has 0 amide bonds. The summed E-state index contributed by atoms with van der Waals surface area (Å²) in [6, 6.07) is 7.67. The van der Waals surface area contributed by atoms with E-state index in [0.717, 1.165) is 5.69 Å². The quantitative estimate of drug-likeness (QED) is 0.559. The minimum absolute atomic E-state index is 0.106. The van der Waals surface area contributed by atoms with Gasteiger partial charge in [0.1, 0.15) is 17.5 Å². The van der Waals surface area contributed by atoms with Crippen LogP contribution in [0.2, 0.25) is 0 Å². The second kappa shape index (κ2) is 4.84. The van der Waals surface area contributed by atoms with Crippen molar-refractivity contribution in [2.45, 2.75) is 0 Å². The molecule has 1 heterocycles. The summed E-state index contributed by atoms with van der Waals surface area (Å²) in [6.07, 6.45) is 0. The van der Waals surface area contributed by atoms with E-state index < -0.39 is 0 Å². The van der Waals surface area contributed by atoms with Gasteiger partial charge in [-0.2, -0.15) is 9.97 Å². The highest BCUT2D eigenvalue weighted by Gasteiger charge is 2.08. The van der Waals surface area contributed by atoms with Gasteiger partial charge in [-0.25, -0.2) is 10.2 Å². The number of hydrogen-bond donors (Lipinski definition) is 3. The lowest BCUT2D eigenvalue weighted by Crippen LogP contribution is -2.15. The van der Waals surface area contributed by atoms with Crippen LogP contribution in [-0.2, 0) is 0 Å². The number of halogens is 1. The van der Waals surface area contributed by atoms with E-state index in [2.05, 4.69) is 15.4 Å². The van der Waals surface area contributed by atoms with Gasteiger partial charge in [-0.3, -0.25) is 0 Å². The number of nitrogens with two attached hydrogens (primary N) is 2. The van der Waals surface area contributed by atoms with Crippen LogP contribution in [-0.4, -0.2) is 17.0 Å². The first-order chi connectivity index (χ1) is 8.60. The fourth-order valence-corrected chi connectivity index (χ4v) is 1.50. The maximum atomic E-state index is 12.8. The molecule has 94 valence electrons. The number of nitrogen functional groups attached to an aromatic ring is 2. The van der Waals surface area contributed by atoms with E-state index in [9.17, 15) is 4.39 Å². The van der Waals surface area contributed by atoms with Gasteiger partial charge in [-0.15, -0.1) is 0 Å². The van der Waals surface area contributed by atoms with Crippen molar-refractivity contribution < 1.29 is 4.39 Å². The molecule has 5 N–H and O–H groups in total. The second-order valence-corrected chi connectivity index (χ2v) is 3.65. The van der Waals surface area contributed by atoms with E-state index in [0.29, 0.717) is 11.6 Å². The van der Waals surface area contributed by atoms with Gasteiger partial charge in [0, 0.05) is 18.8 Å². The van der Waals surface area contributed by atoms with E-state index >= 15 is 0 Å². The molecular formula is C11H13FN6. The molecule has 7 heteroatoms. The number of rotatable bonds is 3. The lowest BCUT2D eigenvalue weighted by Gasteiger charge is -2.19. The molecule has 0 fully saturated rings. The van der Waals surface area contributed by atoms with Gasteiger partial charge in [0.15, 0.2) is 0 Å². The second-order valence-electron chi connectivity index (χ2n) is 3.65. The molecule has 0 unspecified atom stereocenters. The first kappa shape index (κ1) is 12.1. The third-order valence-corrected chi connectivity index (χ3v) is 2.44. The molecule has 0 bridgehead atoms. The van der Waals surface area contributed by atoms with Crippen molar-refractivity contribution in [3.63, 3.8) is 0 Å². The Morgan fingerprint density at radius 3 is 2.50 bits per heavy atom. The topological polar surface area (TPSA) is 93.1 Å². The van der Waals surface area contributed by atoms with E-state index in [-0.39, 0.29) is 11.8 Å². The predicted molar refractivity (Wildman–Crippen MR) is 68.7 cm³/mol. The molecule has 0 radical (unpaired) electrons. The normalized spacial score (nSPS) is 10.2. The molecule has 0 spiro atoms. The Morgan fingerprint density at radius 1 is 1.22 bits per heavy atom. The van der Waals surface area contributed by atoms with Crippen LogP contribution in [0.4, 0.5) is 27.7 Å². The number of nitrogens with zero attached hydrogens (tertiary/aromatic N) is 3. The average molecular weight is 248 g/mol. The molecule has 1 aromatic heterocycles. The summed E-state index contributed by atoms with van der Waals surface area (Å²) in [7, 11) is 1.79. The molecule has 18 heavy (non-hydrogen) atoms. The summed E-state index contributed by atoms with van der Waals surface area (Å²) in [5.41, 5.74) is 8.75. The fraction of sp³-hybridized carbons (Fsp3) is 0.0909. The number of nitrogens with one attached hydrogen (secondary N) is 1. The maximum absolute atomic E-state index is 12.8. The Kier molecular flexibility index (Phi) is 3.24. The van der Waals surface area contributed by atoms with E-state index in [1.807, 2.05) is 0 Å². The fourth-order valence-electron chi connectivity index (χ4n) is 1.50. The van der Waals surface area contributed by atoms with Crippen molar-refractivity contribution in [3.8, 4) is 0 Å². The van der Waals surface area contributed by atoms with Crippen molar-refractivity contribution in [3.05, 3.63) is 36.1 Å². The number of benzene rings is 1. The predicted octanol–water partition coefficient (Wildman–Crippen LogP) is 1.25. The molecule has 0 aliphatic heterocycles. The number of anilines is 4. The SMILES string of the molecule is CN(c1ccc(F)cc1)c1cc(NN)nc(N)n1. The highest BCUT2D eigenvalue weighted by molar-refractivity contribution is 5.62. The van der Waals surface area contributed by atoms with Gasteiger partial charge in [0.25, 0.3) is 0 Å². The number of hydrogen-bond acceptors (Lipinski definition) is 6. The zero-order chi connectivity index (χ0) is 13.1. The van der Waals surface area contributed by atoms with Gasteiger partial charge in [0.05, 0.1) is 0 Å². The summed E-state index contributed by atoms with van der Waals surface area (Å²) in [5.74, 6) is 6.06. The molecule has 0 saturated carbocycles. The van der Waals surface area contributed by atoms with Crippen LogP contribution in [0.1, 0.15) is 0 Å². The molecule has 0 saturated heterocycles. The largest absolute Gasteiger partial charge is 0.368 e. The first-order valence-corrected chi connectivity index (χ1v) is 5.20. The third-order valence-electron chi connectivity index (χ3n) is 2.44. The molecule has 0 aliphatic rings. The van der Waals surface area contributed by atoms with Gasteiger partial charge >= 0.3 is 0 Å². The minimum Gasteiger partial charge on any atom is -0.368 e. The number of hydrazine groups is 1. The van der Waals surface area contributed by atoms with Crippen molar-refractivity contribution in [1.29, 1.82) is 0 Å². The van der Waals surface area contributed by atoms with E-state index in [1.54, 1.807) is 30.1 Å². The zero-order valence-corrected chi connectivity index (χ0v) is 9.76. The Balaban J connectivity index is 2.35. The Labute approximate surface area is 103 Å². The highest BCUT2D eigenvalue weighted by atomic mass is 19.1. The van der Waals surface area contributed by atoms with Gasteiger partial charge < -0.3 is 16.1 Å². The molecule has 1 aromatic carbocycles. The summed E-state index contributed by atoms with van der Waals surface area (Å²) >= 11 is 0. The third kappa shape index (κ3) is 2.46. The molecule has 0 aliphatic carbocycles. The van der Waals surface area contributed by atoms with Crippen molar-refractivity contribution in [2.75, 3.05) is 23.1 Å². The summed E-state index contributed by atoms with van der Waals surface area (Å²) < 4.78 is 12.8. The first-order valence-electron chi connectivity index (χ1n) is 5.20. The Bertz CT molecular complexity index is 542. The van der Waals surface area contributed by atoms with Crippen LogP contribution >= 0.6 is 0 Å². The van der Waals surface area contributed by atoms with E-state index in [4.69, 9.17) is 11.6 Å².